The first kappa shape index (κ1) is 15.8. The summed E-state index contributed by atoms with van der Waals surface area (Å²) >= 11 is 6.06. The molecule has 3 N–H and O–H groups in total. The minimum absolute atomic E-state index is 0.0817. The number of rotatable bonds is 4. The van der Waals surface area contributed by atoms with E-state index in [9.17, 15) is 4.79 Å². The number of hydrogen-bond donors (Lipinski definition) is 2. The molecular formula is C16H20ClN3O. The molecule has 1 aliphatic carbocycles. The van der Waals surface area contributed by atoms with E-state index in [1.165, 1.54) is 6.42 Å². The van der Waals surface area contributed by atoms with Crippen molar-refractivity contribution in [2.75, 3.05) is 11.9 Å². The van der Waals surface area contributed by atoms with Crippen LogP contribution in [-0.2, 0) is 4.79 Å². The first-order chi connectivity index (χ1) is 10.1. The van der Waals surface area contributed by atoms with Gasteiger partial charge in [0.05, 0.1) is 22.3 Å². The summed E-state index contributed by atoms with van der Waals surface area (Å²) in [5.74, 6) is -0.0839. The van der Waals surface area contributed by atoms with Gasteiger partial charge in [-0.1, -0.05) is 30.9 Å². The highest BCUT2D eigenvalue weighted by molar-refractivity contribution is 6.33. The van der Waals surface area contributed by atoms with Gasteiger partial charge >= 0.3 is 0 Å². The Morgan fingerprint density at radius 2 is 2.10 bits per heavy atom. The highest BCUT2D eigenvalue weighted by Gasteiger charge is 2.33. The lowest BCUT2D eigenvalue weighted by molar-refractivity contribution is -0.118. The number of nitrogens with zero attached hydrogens (tertiary/aromatic N) is 1. The number of carbonyl (C=O) groups excluding carboxylic acids is 1. The molecule has 1 aliphatic rings. The van der Waals surface area contributed by atoms with Crippen LogP contribution in [0.15, 0.2) is 18.2 Å². The number of nitrogens with two attached hydrogens (primary N) is 1. The van der Waals surface area contributed by atoms with Crippen LogP contribution in [0.25, 0.3) is 0 Å². The van der Waals surface area contributed by atoms with Crippen molar-refractivity contribution in [1.29, 1.82) is 5.26 Å². The SMILES string of the molecule is N#Cc1ccc(Cl)c(NC(=O)CC2(CN)CCCCC2)c1. The number of carbonyl (C=O) groups is 1. The van der Waals surface area contributed by atoms with Crippen molar-refractivity contribution in [1.82, 2.24) is 0 Å². The number of amides is 1. The lowest BCUT2D eigenvalue weighted by Gasteiger charge is -2.35. The van der Waals surface area contributed by atoms with Crippen molar-refractivity contribution in [2.24, 2.45) is 11.1 Å². The summed E-state index contributed by atoms with van der Waals surface area (Å²) in [4.78, 5) is 12.3. The second-order valence-electron chi connectivity index (χ2n) is 5.80. The van der Waals surface area contributed by atoms with Gasteiger partial charge in [-0.25, -0.2) is 0 Å². The number of nitriles is 1. The van der Waals surface area contributed by atoms with Crippen molar-refractivity contribution in [3.05, 3.63) is 28.8 Å². The van der Waals surface area contributed by atoms with E-state index in [1.54, 1.807) is 18.2 Å². The summed E-state index contributed by atoms with van der Waals surface area (Å²) in [5, 5.41) is 12.2. The van der Waals surface area contributed by atoms with Crippen LogP contribution >= 0.6 is 11.6 Å². The largest absolute Gasteiger partial charge is 0.330 e. The van der Waals surface area contributed by atoms with Crippen LogP contribution in [0.4, 0.5) is 5.69 Å². The van der Waals surface area contributed by atoms with Crippen LogP contribution < -0.4 is 11.1 Å². The maximum absolute atomic E-state index is 12.3. The summed E-state index contributed by atoms with van der Waals surface area (Å²) < 4.78 is 0. The van der Waals surface area contributed by atoms with Gasteiger partial charge in [0, 0.05) is 6.42 Å². The second-order valence-corrected chi connectivity index (χ2v) is 6.20. The Balaban J connectivity index is 2.06. The molecule has 0 atom stereocenters. The van der Waals surface area contributed by atoms with Crippen LogP contribution in [0.2, 0.25) is 5.02 Å². The molecule has 4 nitrogen and oxygen atoms in total. The van der Waals surface area contributed by atoms with E-state index in [-0.39, 0.29) is 11.3 Å². The number of hydrogen-bond acceptors (Lipinski definition) is 3. The number of benzene rings is 1. The van der Waals surface area contributed by atoms with E-state index in [0.29, 0.717) is 29.2 Å². The van der Waals surface area contributed by atoms with Crippen molar-refractivity contribution in [2.45, 2.75) is 38.5 Å². The Labute approximate surface area is 130 Å². The molecule has 0 heterocycles. The minimum Gasteiger partial charge on any atom is -0.330 e. The lowest BCUT2D eigenvalue weighted by atomic mass is 9.71. The normalized spacial score (nSPS) is 17.0. The quantitative estimate of drug-likeness (QED) is 0.894. The average Bonchev–Trinajstić information content (AvgIpc) is 2.50. The van der Waals surface area contributed by atoms with E-state index in [2.05, 4.69) is 5.32 Å². The van der Waals surface area contributed by atoms with Crippen LogP contribution in [0.5, 0.6) is 0 Å². The predicted molar refractivity (Wildman–Crippen MR) is 84.0 cm³/mol. The zero-order valence-electron chi connectivity index (χ0n) is 12.0. The fourth-order valence-corrected chi connectivity index (χ4v) is 3.15. The zero-order valence-corrected chi connectivity index (χ0v) is 12.7. The third-order valence-electron chi connectivity index (χ3n) is 4.25. The molecule has 0 bridgehead atoms. The minimum atomic E-state index is -0.0839. The number of halogens is 1. The first-order valence-corrected chi connectivity index (χ1v) is 7.66. The molecule has 0 unspecified atom stereocenters. The van der Waals surface area contributed by atoms with Gasteiger partial charge < -0.3 is 11.1 Å². The number of anilines is 1. The molecule has 2 rings (SSSR count). The molecule has 0 spiro atoms. The molecule has 0 aliphatic heterocycles. The van der Waals surface area contributed by atoms with Gasteiger partial charge in [0.1, 0.15) is 0 Å². The Kier molecular flexibility index (Phi) is 5.22. The molecule has 1 amide bonds. The van der Waals surface area contributed by atoms with Crippen molar-refractivity contribution < 1.29 is 4.79 Å². The Hall–Kier alpha value is -1.57. The molecular weight excluding hydrogens is 286 g/mol. The van der Waals surface area contributed by atoms with Crippen molar-refractivity contribution >= 4 is 23.2 Å². The molecule has 0 saturated heterocycles. The lowest BCUT2D eigenvalue weighted by Crippen LogP contribution is -2.36. The van der Waals surface area contributed by atoms with Crippen molar-refractivity contribution in [3.8, 4) is 6.07 Å². The molecule has 1 aromatic rings. The zero-order chi connectivity index (χ0) is 15.3. The van der Waals surface area contributed by atoms with Gasteiger partial charge in [-0.2, -0.15) is 5.26 Å². The van der Waals surface area contributed by atoms with Gasteiger partial charge in [0.25, 0.3) is 0 Å². The molecule has 1 saturated carbocycles. The van der Waals surface area contributed by atoms with Gasteiger partial charge in [0.15, 0.2) is 0 Å². The Morgan fingerprint density at radius 1 is 1.38 bits per heavy atom. The van der Waals surface area contributed by atoms with E-state index in [4.69, 9.17) is 22.6 Å². The summed E-state index contributed by atoms with van der Waals surface area (Å²) in [5.41, 5.74) is 6.79. The maximum atomic E-state index is 12.3. The highest BCUT2D eigenvalue weighted by Crippen LogP contribution is 2.38. The van der Waals surface area contributed by atoms with E-state index >= 15 is 0 Å². The van der Waals surface area contributed by atoms with Gasteiger partial charge in [-0.15, -0.1) is 0 Å². The third kappa shape index (κ3) is 3.96. The van der Waals surface area contributed by atoms with Gasteiger partial charge in [-0.3, -0.25) is 4.79 Å². The van der Waals surface area contributed by atoms with Gasteiger partial charge in [0.2, 0.25) is 5.91 Å². The fraction of sp³-hybridized carbons (Fsp3) is 0.500. The highest BCUT2D eigenvalue weighted by atomic mass is 35.5. The standard InChI is InChI=1S/C16H20ClN3O/c17-13-5-4-12(10-18)8-14(13)20-15(21)9-16(11-19)6-2-1-3-7-16/h4-5,8H,1-3,6-7,9,11,19H2,(H,20,21). The van der Waals surface area contributed by atoms with Crippen LogP contribution in [0, 0.1) is 16.7 Å². The Bertz CT molecular complexity index is 559. The third-order valence-corrected chi connectivity index (χ3v) is 4.58. The topological polar surface area (TPSA) is 78.9 Å². The second kappa shape index (κ2) is 6.93. The Morgan fingerprint density at radius 3 is 2.71 bits per heavy atom. The van der Waals surface area contributed by atoms with Crippen LogP contribution in [0.1, 0.15) is 44.1 Å². The van der Waals surface area contributed by atoms with Crippen LogP contribution in [0.3, 0.4) is 0 Å². The molecule has 112 valence electrons. The molecule has 0 aromatic heterocycles. The summed E-state index contributed by atoms with van der Waals surface area (Å²) in [6, 6.07) is 6.88. The first-order valence-electron chi connectivity index (χ1n) is 7.28. The molecule has 5 heteroatoms. The monoisotopic (exact) mass is 305 g/mol. The van der Waals surface area contributed by atoms with Gasteiger partial charge in [-0.05, 0) is 43.0 Å². The van der Waals surface area contributed by atoms with Crippen molar-refractivity contribution in [3.63, 3.8) is 0 Å². The number of nitrogens with one attached hydrogen (secondary N) is 1. The molecule has 0 radical (unpaired) electrons. The maximum Gasteiger partial charge on any atom is 0.225 e. The summed E-state index contributed by atoms with van der Waals surface area (Å²) in [6.45, 7) is 0.534. The summed E-state index contributed by atoms with van der Waals surface area (Å²) in [6.07, 6.45) is 5.91. The average molecular weight is 306 g/mol. The molecule has 1 aromatic carbocycles. The summed E-state index contributed by atoms with van der Waals surface area (Å²) in [7, 11) is 0. The van der Waals surface area contributed by atoms with E-state index in [0.717, 1.165) is 25.7 Å². The fourth-order valence-electron chi connectivity index (χ4n) is 2.98. The van der Waals surface area contributed by atoms with Crippen LogP contribution in [-0.4, -0.2) is 12.5 Å². The molecule has 21 heavy (non-hydrogen) atoms. The smallest absolute Gasteiger partial charge is 0.225 e. The predicted octanol–water partition coefficient (Wildman–Crippen LogP) is 3.45. The van der Waals surface area contributed by atoms with E-state index in [1.807, 2.05) is 6.07 Å². The van der Waals surface area contributed by atoms with E-state index < -0.39 is 0 Å². The molecule has 1 fully saturated rings.